The molecule has 1 atom stereocenters. The summed E-state index contributed by atoms with van der Waals surface area (Å²) in [6.45, 7) is 1.91. The second kappa shape index (κ2) is 6.89. The second-order valence-electron chi connectivity index (χ2n) is 3.85. The zero-order chi connectivity index (χ0) is 13.7. The van der Waals surface area contributed by atoms with Crippen LogP contribution in [0.3, 0.4) is 0 Å². The summed E-state index contributed by atoms with van der Waals surface area (Å²) >= 11 is 6.88. The standard InChI is InChI=1S/C11H12ClF2NO2S/c1-7(5-12)6-18-10-3-2-8(15(16)17)4-9(10)11(13)14/h2-4,7,11H,5-6H2,1H3. The molecule has 1 aromatic rings. The van der Waals surface area contributed by atoms with E-state index < -0.39 is 11.3 Å². The summed E-state index contributed by atoms with van der Waals surface area (Å²) in [5.74, 6) is 1.24. The quantitative estimate of drug-likeness (QED) is 0.336. The van der Waals surface area contributed by atoms with Crippen LogP contribution >= 0.6 is 23.4 Å². The summed E-state index contributed by atoms with van der Waals surface area (Å²) in [5.41, 5.74) is -0.615. The molecule has 0 saturated heterocycles. The van der Waals surface area contributed by atoms with Crippen molar-refractivity contribution in [2.45, 2.75) is 18.2 Å². The third-order valence-corrected chi connectivity index (χ3v) is 4.17. The van der Waals surface area contributed by atoms with Gasteiger partial charge in [-0.2, -0.15) is 0 Å². The number of hydrogen-bond acceptors (Lipinski definition) is 3. The molecule has 7 heteroatoms. The Morgan fingerprint density at radius 2 is 2.17 bits per heavy atom. The van der Waals surface area contributed by atoms with E-state index in [9.17, 15) is 18.9 Å². The van der Waals surface area contributed by atoms with E-state index in [1.165, 1.54) is 23.9 Å². The summed E-state index contributed by atoms with van der Waals surface area (Å²) in [6.07, 6.45) is -2.72. The van der Waals surface area contributed by atoms with Gasteiger partial charge in [0.05, 0.1) is 4.92 Å². The number of hydrogen-bond donors (Lipinski definition) is 0. The topological polar surface area (TPSA) is 43.1 Å². The van der Waals surface area contributed by atoms with E-state index in [-0.39, 0.29) is 17.2 Å². The number of nitrogens with zero attached hydrogens (tertiary/aromatic N) is 1. The van der Waals surface area contributed by atoms with E-state index in [1.54, 1.807) is 0 Å². The third kappa shape index (κ3) is 4.10. The normalized spacial score (nSPS) is 12.7. The Labute approximate surface area is 113 Å². The van der Waals surface area contributed by atoms with Crippen LogP contribution in [0.25, 0.3) is 0 Å². The summed E-state index contributed by atoms with van der Waals surface area (Å²) in [5, 5.41) is 10.5. The van der Waals surface area contributed by atoms with Gasteiger partial charge in [0.1, 0.15) is 0 Å². The van der Waals surface area contributed by atoms with Gasteiger partial charge in [-0.15, -0.1) is 23.4 Å². The fourth-order valence-corrected chi connectivity index (χ4v) is 2.53. The van der Waals surface area contributed by atoms with Crippen molar-refractivity contribution in [2.24, 2.45) is 5.92 Å². The van der Waals surface area contributed by atoms with Crippen molar-refractivity contribution in [3.05, 3.63) is 33.9 Å². The summed E-state index contributed by atoms with van der Waals surface area (Å²) in [4.78, 5) is 10.2. The highest BCUT2D eigenvalue weighted by Crippen LogP contribution is 2.34. The zero-order valence-electron chi connectivity index (χ0n) is 9.61. The molecule has 18 heavy (non-hydrogen) atoms. The number of rotatable bonds is 6. The number of nitro benzene ring substituents is 1. The monoisotopic (exact) mass is 295 g/mol. The number of non-ortho nitro benzene ring substituents is 1. The minimum absolute atomic E-state index is 0.192. The minimum Gasteiger partial charge on any atom is -0.258 e. The molecule has 0 saturated carbocycles. The Morgan fingerprint density at radius 3 is 2.67 bits per heavy atom. The summed E-state index contributed by atoms with van der Waals surface area (Å²) in [6, 6.07) is 3.53. The van der Waals surface area contributed by atoms with E-state index >= 15 is 0 Å². The summed E-state index contributed by atoms with van der Waals surface area (Å²) in [7, 11) is 0. The predicted octanol–water partition coefficient (Wildman–Crippen LogP) is 4.50. The first-order valence-electron chi connectivity index (χ1n) is 5.21. The van der Waals surface area contributed by atoms with Gasteiger partial charge in [0.25, 0.3) is 12.1 Å². The van der Waals surface area contributed by atoms with Gasteiger partial charge in [-0.1, -0.05) is 6.92 Å². The van der Waals surface area contributed by atoms with Gasteiger partial charge in [0.2, 0.25) is 0 Å². The molecule has 0 heterocycles. The van der Waals surface area contributed by atoms with Crippen molar-refractivity contribution < 1.29 is 13.7 Å². The van der Waals surface area contributed by atoms with Crippen LogP contribution in [0.2, 0.25) is 0 Å². The highest BCUT2D eigenvalue weighted by molar-refractivity contribution is 7.99. The van der Waals surface area contributed by atoms with Gasteiger partial charge < -0.3 is 0 Å². The van der Waals surface area contributed by atoms with Crippen LogP contribution in [-0.4, -0.2) is 16.6 Å². The fraction of sp³-hybridized carbons (Fsp3) is 0.455. The Morgan fingerprint density at radius 1 is 1.50 bits per heavy atom. The molecule has 0 spiro atoms. The Hall–Kier alpha value is -0.880. The maximum atomic E-state index is 12.8. The van der Waals surface area contributed by atoms with Crippen LogP contribution in [0.1, 0.15) is 18.9 Å². The Kier molecular flexibility index (Phi) is 5.81. The highest BCUT2D eigenvalue weighted by atomic mass is 35.5. The lowest BCUT2D eigenvalue weighted by Crippen LogP contribution is -2.00. The molecule has 100 valence electrons. The average molecular weight is 296 g/mol. The Balaban J connectivity index is 2.93. The minimum atomic E-state index is -2.72. The molecule has 0 N–H and O–H groups in total. The number of nitro groups is 1. The maximum Gasteiger partial charge on any atom is 0.269 e. The molecule has 0 amide bonds. The lowest BCUT2D eigenvalue weighted by molar-refractivity contribution is -0.385. The molecule has 0 aliphatic rings. The molecule has 0 aromatic heterocycles. The number of benzene rings is 1. The van der Waals surface area contributed by atoms with E-state index in [4.69, 9.17) is 11.6 Å². The molecule has 0 fully saturated rings. The van der Waals surface area contributed by atoms with Crippen LogP contribution in [0.5, 0.6) is 0 Å². The van der Waals surface area contributed by atoms with Crippen molar-refractivity contribution in [2.75, 3.05) is 11.6 Å². The van der Waals surface area contributed by atoms with Crippen molar-refractivity contribution >= 4 is 29.1 Å². The highest BCUT2D eigenvalue weighted by Gasteiger charge is 2.18. The second-order valence-corrected chi connectivity index (χ2v) is 5.22. The van der Waals surface area contributed by atoms with Crippen molar-refractivity contribution in [3.8, 4) is 0 Å². The van der Waals surface area contributed by atoms with Crippen molar-refractivity contribution in [3.63, 3.8) is 0 Å². The molecule has 0 aliphatic carbocycles. The molecule has 1 aromatic carbocycles. The molecule has 1 rings (SSSR count). The molecular formula is C11H12ClF2NO2S. The number of thioether (sulfide) groups is 1. The van der Waals surface area contributed by atoms with Gasteiger partial charge in [0, 0.05) is 34.2 Å². The first-order valence-corrected chi connectivity index (χ1v) is 6.73. The molecule has 0 radical (unpaired) electrons. The average Bonchev–Trinajstić information content (AvgIpc) is 2.35. The van der Waals surface area contributed by atoms with Crippen LogP contribution in [0.4, 0.5) is 14.5 Å². The van der Waals surface area contributed by atoms with E-state index in [0.717, 1.165) is 6.07 Å². The number of halogens is 3. The SMILES string of the molecule is CC(CCl)CSc1ccc([N+](=O)[O-])cc1C(F)F. The maximum absolute atomic E-state index is 12.8. The van der Waals surface area contributed by atoms with Gasteiger partial charge in [0.15, 0.2) is 0 Å². The molecule has 0 aliphatic heterocycles. The smallest absolute Gasteiger partial charge is 0.258 e. The Bertz CT molecular complexity index is 432. The zero-order valence-corrected chi connectivity index (χ0v) is 11.2. The lowest BCUT2D eigenvalue weighted by atomic mass is 10.2. The lowest BCUT2D eigenvalue weighted by Gasteiger charge is -2.10. The van der Waals surface area contributed by atoms with Crippen LogP contribution in [0, 0.1) is 16.0 Å². The van der Waals surface area contributed by atoms with E-state index in [1.807, 2.05) is 6.92 Å². The van der Waals surface area contributed by atoms with Crippen molar-refractivity contribution in [1.29, 1.82) is 0 Å². The van der Waals surface area contributed by atoms with Crippen LogP contribution in [0.15, 0.2) is 23.1 Å². The van der Waals surface area contributed by atoms with E-state index in [0.29, 0.717) is 16.5 Å². The number of alkyl halides is 3. The first-order chi connectivity index (χ1) is 8.45. The van der Waals surface area contributed by atoms with Gasteiger partial charge in [-0.25, -0.2) is 8.78 Å². The molecule has 3 nitrogen and oxygen atoms in total. The van der Waals surface area contributed by atoms with Gasteiger partial charge in [-0.3, -0.25) is 10.1 Å². The molecule has 0 bridgehead atoms. The van der Waals surface area contributed by atoms with Crippen LogP contribution in [-0.2, 0) is 0 Å². The predicted molar refractivity (Wildman–Crippen MR) is 68.7 cm³/mol. The molecule has 1 unspecified atom stereocenters. The summed E-state index contributed by atoms with van der Waals surface area (Å²) < 4.78 is 25.6. The first kappa shape index (κ1) is 15.2. The fourth-order valence-electron chi connectivity index (χ4n) is 1.23. The van der Waals surface area contributed by atoms with Gasteiger partial charge in [-0.05, 0) is 12.0 Å². The van der Waals surface area contributed by atoms with Crippen LogP contribution < -0.4 is 0 Å². The molecular weight excluding hydrogens is 284 g/mol. The van der Waals surface area contributed by atoms with Gasteiger partial charge >= 0.3 is 0 Å². The van der Waals surface area contributed by atoms with Crippen molar-refractivity contribution in [1.82, 2.24) is 0 Å². The third-order valence-electron chi connectivity index (χ3n) is 2.23. The van der Waals surface area contributed by atoms with E-state index in [2.05, 4.69) is 0 Å². The largest absolute Gasteiger partial charge is 0.269 e.